The second-order valence-electron chi connectivity index (χ2n) is 3.64. The van der Waals surface area contributed by atoms with Gasteiger partial charge in [0.15, 0.2) is 10.8 Å². The molecule has 7 heteroatoms. The van der Waals surface area contributed by atoms with E-state index in [-0.39, 0.29) is 16.5 Å². The smallest absolute Gasteiger partial charge is 0.357 e. The molecule has 0 aliphatic carbocycles. The van der Waals surface area contributed by atoms with Crippen molar-refractivity contribution in [1.29, 1.82) is 0 Å². The van der Waals surface area contributed by atoms with Crippen molar-refractivity contribution in [3.8, 4) is 0 Å². The number of nitrogens with one attached hydrogen (secondary N) is 1. The highest BCUT2D eigenvalue weighted by molar-refractivity contribution is 7.15. The molecule has 4 nitrogen and oxygen atoms in total. The van der Waals surface area contributed by atoms with Gasteiger partial charge in [-0.2, -0.15) is 0 Å². The first kappa shape index (κ1) is 13.4. The summed E-state index contributed by atoms with van der Waals surface area (Å²) in [6.07, 6.45) is 0. The Balaban J connectivity index is 2.32. The highest BCUT2D eigenvalue weighted by atomic mass is 32.1. The Morgan fingerprint density at radius 2 is 2.00 bits per heavy atom. The number of carbonyl (C=O) groups is 1. The van der Waals surface area contributed by atoms with Crippen LogP contribution in [0.3, 0.4) is 0 Å². The lowest BCUT2D eigenvalue weighted by molar-refractivity contribution is 0.0594. The molecule has 0 atom stereocenters. The fraction of sp³-hybridized carbons (Fsp3) is 0.167. The second kappa shape index (κ2) is 5.31. The predicted molar refractivity (Wildman–Crippen MR) is 67.8 cm³/mol. The minimum Gasteiger partial charge on any atom is -0.464 e. The van der Waals surface area contributed by atoms with Crippen LogP contribution in [0.1, 0.15) is 15.4 Å². The summed E-state index contributed by atoms with van der Waals surface area (Å²) >= 11 is 1.11. The molecule has 0 fully saturated rings. The Morgan fingerprint density at radius 3 is 2.58 bits per heavy atom. The van der Waals surface area contributed by atoms with Crippen molar-refractivity contribution in [2.75, 3.05) is 12.4 Å². The summed E-state index contributed by atoms with van der Waals surface area (Å²) in [5.41, 5.74) is -0.167. The number of benzene rings is 1. The number of aromatic nitrogens is 1. The summed E-state index contributed by atoms with van der Waals surface area (Å²) < 4.78 is 31.5. The molecule has 0 radical (unpaired) electrons. The molecular formula is C12H10F2N2O2S. The zero-order valence-corrected chi connectivity index (χ0v) is 11.0. The van der Waals surface area contributed by atoms with Crippen LogP contribution < -0.4 is 5.32 Å². The highest BCUT2D eigenvalue weighted by Gasteiger charge is 2.17. The van der Waals surface area contributed by atoms with Crippen LogP contribution in [0.15, 0.2) is 18.2 Å². The molecule has 0 spiro atoms. The van der Waals surface area contributed by atoms with Crippen molar-refractivity contribution >= 4 is 28.1 Å². The molecule has 0 amide bonds. The normalized spacial score (nSPS) is 10.3. The van der Waals surface area contributed by atoms with Crippen LogP contribution in [0.25, 0.3) is 0 Å². The van der Waals surface area contributed by atoms with E-state index in [0.717, 1.165) is 23.5 Å². The third-order valence-corrected chi connectivity index (χ3v) is 3.26. The van der Waals surface area contributed by atoms with E-state index in [2.05, 4.69) is 15.0 Å². The maximum absolute atomic E-state index is 13.5. The van der Waals surface area contributed by atoms with E-state index < -0.39 is 17.6 Å². The van der Waals surface area contributed by atoms with Gasteiger partial charge in [0, 0.05) is 4.88 Å². The number of nitrogens with zero attached hydrogens (tertiary/aromatic N) is 1. The van der Waals surface area contributed by atoms with E-state index in [0.29, 0.717) is 4.88 Å². The maximum atomic E-state index is 13.5. The first-order chi connectivity index (χ1) is 9.02. The van der Waals surface area contributed by atoms with Crippen molar-refractivity contribution < 1.29 is 18.3 Å². The number of halogens is 2. The van der Waals surface area contributed by atoms with Crippen molar-refractivity contribution in [2.24, 2.45) is 0 Å². The summed E-state index contributed by atoms with van der Waals surface area (Å²) in [5, 5.41) is 2.75. The standard InChI is InChI=1S/C12H10F2N2O2S/c1-6-9(11(17)18-2)15-12(19-6)16-10-7(13)4-3-5-8(10)14/h3-5H,1-2H3,(H,15,16). The number of aryl methyl sites for hydroxylation is 1. The molecule has 0 aliphatic rings. The van der Waals surface area contributed by atoms with Crippen LogP contribution in [0.2, 0.25) is 0 Å². The lowest BCUT2D eigenvalue weighted by Crippen LogP contribution is -2.04. The third-order valence-electron chi connectivity index (χ3n) is 2.37. The Bertz CT molecular complexity index is 608. The van der Waals surface area contributed by atoms with E-state index in [4.69, 9.17) is 0 Å². The molecule has 1 N–H and O–H groups in total. The Morgan fingerprint density at radius 1 is 1.37 bits per heavy atom. The summed E-state index contributed by atoms with van der Waals surface area (Å²) in [7, 11) is 1.24. The van der Waals surface area contributed by atoms with Gasteiger partial charge < -0.3 is 10.1 Å². The number of esters is 1. The van der Waals surface area contributed by atoms with Crippen molar-refractivity contribution in [3.05, 3.63) is 40.4 Å². The Hall–Kier alpha value is -2.02. The molecule has 1 heterocycles. The number of rotatable bonds is 3. The zero-order chi connectivity index (χ0) is 14.0. The highest BCUT2D eigenvalue weighted by Crippen LogP contribution is 2.28. The largest absolute Gasteiger partial charge is 0.464 e. The van der Waals surface area contributed by atoms with Gasteiger partial charge in [0.1, 0.15) is 17.3 Å². The molecule has 100 valence electrons. The van der Waals surface area contributed by atoms with E-state index in [1.54, 1.807) is 6.92 Å². The van der Waals surface area contributed by atoms with Crippen LogP contribution >= 0.6 is 11.3 Å². The number of carbonyl (C=O) groups excluding carboxylic acids is 1. The number of para-hydroxylation sites is 1. The average molecular weight is 284 g/mol. The molecule has 2 aromatic rings. The average Bonchev–Trinajstić information content (AvgIpc) is 2.74. The van der Waals surface area contributed by atoms with Gasteiger partial charge in [-0.05, 0) is 19.1 Å². The van der Waals surface area contributed by atoms with Crippen LogP contribution in [0, 0.1) is 18.6 Å². The fourth-order valence-electron chi connectivity index (χ4n) is 1.46. The van der Waals surface area contributed by atoms with Gasteiger partial charge in [-0.25, -0.2) is 18.6 Å². The molecule has 0 aliphatic heterocycles. The first-order valence-electron chi connectivity index (χ1n) is 5.29. The maximum Gasteiger partial charge on any atom is 0.357 e. The summed E-state index contributed by atoms with van der Waals surface area (Å²) in [4.78, 5) is 15.9. The van der Waals surface area contributed by atoms with Crippen LogP contribution in [-0.4, -0.2) is 18.1 Å². The number of anilines is 2. The Labute approximate surface area is 112 Å². The van der Waals surface area contributed by atoms with Crippen LogP contribution in [0.5, 0.6) is 0 Å². The van der Waals surface area contributed by atoms with Crippen LogP contribution in [-0.2, 0) is 4.74 Å². The van der Waals surface area contributed by atoms with Gasteiger partial charge in [0.2, 0.25) is 0 Å². The van der Waals surface area contributed by atoms with Crippen molar-refractivity contribution in [1.82, 2.24) is 4.98 Å². The number of methoxy groups -OCH3 is 1. The summed E-state index contributed by atoms with van der Waals surface area (Å²) in [6.45, 7) is 1.67. The molecule has 19 heavy (non-hydrogen) atoms. The van der Waals surface area contributed by atoms with Crippen molar-refractivity contribution in [2.45, 2.75) is 6.92 Å². The predicted octanol–water partition coefficient (Wildman–Crippen LogP) is 3.26. The summed E-state index contributed by atoms with van der Waals surface area (Å²) in [5.74, 6) is -2.05. The van der Waals surface area contributed by atoms with Gasteiger partial charge in [-0.1, -0.05) is 6.07 Å². The van der Waals surface area contributed by atoms with Gasteiger partial charge in [0.05, 0.1) is 7.11 Å². The SMILES string of the molecule is COC(=O)c1nc(Nc2c(F)cccc2F)sc1C. The van der Waals surface area contributed by atoms with E-state index >= 15 is 0 Å². The Kier molecular flexibility index (Phi) is 3.75. The first-order valence-corrected chi connectivity index (χ1v) is 6.11. The molecule has 1 aromatic heterocycles. The number of thiazole rings is 1. The number of hydrogen-bond donors (Lipinski definition) is 1. The molecule has 0 unspecified atom stereocenters. The lowest BCUT2D eigenvalue weighted by atomic mass is 10.3. The molecule has 1 aromatic carbocycles. The summed E-state index contributed by atoms with van der Waals surface area (Å²) in [6, 6.07) is 3.53. The minimum absolute atomic E-state index is 0.131. The van der Waals surface area contributed by atoms with Gasteiger partial charge in [-0.3, -0.25) is 0 Å². The lowest BCUT2D eigenvalue weighted by Gasteiger charge is -2.04. The van der Waals surface area contributed by atoms with E-state index in [9.17, 15) is 13.6 Å². The topological polar surface area (TPSA) is 51.2 Å². The molecule has 0 saturated heterocycles. The minimum atomic E-state index is -0.729. The molecular weight excluding hydrogens is 274 g/mol. The monoisotopic (exact) mass is 284 g/mol. The van der Waals surface area contributed by atoms with Gasteiger partial charge in [-0.15, -0.1) is 11.3 Å². The second-order valence-corrected chi connectivity index (χ2v) is 4.84. The quantitative estimate of drug-likeness (QED) is 0.879. The number of hydrogen-bond acceptors (Lipinski definition) is 5. The zero-order valence-electron chi connectivity index (χ0n) is 10.2. The van der Waals surface area contributed by atoms with Crippen LogP contribution in [0.4, 0.5) is 19.6 Å². The third kappa shape index (κ3) is 2.70. The molecule has 0 saturated carbocycles. The van der Waals surface area contributed by atoms with Crippen molar-refractivity contribution in [3.63, 3.8) is 0 Å². The molecule has 0 bridgehead atoms. The van der Waals surface area contributed by atoms with Gasteiger partial charge in [0.25, 0.3) is 0 Å². The molecule has 2 rings (SSSR count). The number of ether oxygens (including phenoxy) is 1. The van der Waals surface area contributed by atoms with Gasteiger partial charge >= 0.3 is 5.97 Å². The van der Waals surface area contributed by atoms with E-state index in [1.165, 1.54) is 13.2 Å². The fourth-order valence-corrected chi connectivity index (χ4v) is 2.27. The van der Waals surface area contributed by atoms with E-state index in [1.807, 2.05) is 0 Å².